The molecular weight excluding hydrogens is 262 g/mol. The van der Waals surface area contributed by atoms with E-state index in [0.717, 1.165) is 23.4 Å². The summed E-state index contributed by atoms with van der Waals surface area (Å²) >= 11 is -1.69. The second-order valence-corrected chi connectivity index (χ2v) is 5.82. The number of rotatable bonds is 8. The largest absolute Gasteiger partial charge is 0.491 e. The number of benzene rings is 1. The van der Waals surface area contributed by atoms with Crippen LogP contribution in [0.4, 0.5) is 0 Å². The fourth-order valence-electron chi connectivity index (χ4n) is 1.84. The van der Waals surface area contributed by atoms with E-state index in [1.165, 1.54) is 0 Å². The second kappa shape index (κ2) is 8.30. The minimum absolute atomic E-state index is 0.214. The maximum Gasteiger partial charge on any atom is 0.152 e. The molecule has 0 spiro atoms. The molecule has 1 aromatic rings. The monoisotopic (exact) mass is 285 g/mol. The average molecular weight is 285 g/mol. The van der Waals surface area contributed by atoms with Crippen molar-refractivity contribution >= 4 is 11.1 Å². The van der Waals surface area contributed by atoms with Crippen molar-refractivity contribution < 1.29 is 13.5 Å². The van der Waals surface area contributed by atoms with Crippen LogP contribution in [-0.4, -0.2) is 33.7 Å². The van der Waals surface area contributed by atoms with Crippen LogP contribution in [0.5, 0.6) is 5.75 Å². The smallest absolute Gasteiger partial charge is 0.152 e. The molecule has 0 radical (unpaired) electrons. The maximum absolute atomic E-state index is 10.5. The first-order valence-electron chi connectivity index (χ1n) is 6.50. The summed E-state index contributed by atoms with van der Waals surface area (Å²) in [7, 11) is 0. The molecule has 4 nitrogen and oxygen atoms in total. The Morgan fingerprint density at radius 1 is 1.37 bits per heavy atom. The van der Waals surface area contributed by atoms with Gasteiger partial charge < -0.3 is 14.6 Å². The fourth-order valence-corrected chi connectivity index (χ4v) is 2.23. The minimum atomic E-state index is -1.69. The topological polar surface area (TPSA) is 58.6 Å². The van der Waals surface area contributed by atoms with Crippen LogP contribution < -0.4 is 10.1 Å². The summed E-state index contributed by atoms with van der Waals surface area (Å²) in [6.07, 6.45) is 0.691. The lowest BCUT2D eigenvalue weighted by molar-refractivity contribution is 0.270. The fraction of sp³-hybridized carbons (Fsp3) is 0.571. The molecule has 2 atom stereocenters. The zero-order chi connectivity index (χ0) is 14.3. The van der Waals surface area contributed by atoms with E-state index < -0.39 is 11.1 Å². The quantitative estimate of drug-likeness (QED) is 0.568. The molecule has 1 rings (SSSR count). The lowest BCUT2D eigenvalue weighted by Crippen LogP contribution is -2.33. The van der Waals surface area contributed by atoms with Crippen LogP contribution >= 0.6 is 0 Å². The highest BCUT2D eigenvalue weighted by atomic mass is 32.2. The van der Waals surface area contributed by atoms with Gasteiger partial charge in [-0.15, -0.1) is 0 Å². The first-order chi connectivity index (χ1) is 9.00. The summed E-state index contributed by atoms with van der Waals surface area (Å²) in [4.78, 5) is 0. The maximum atomic E-state index is 10.5. The van der Waals surface area contributed by atoms with Crippen molar-refractivity contribution in [3.05, 3.63) is 29.3 Å². The zero-order valence-electron chi connectivity index (χ0n) is 11.8. The predicted octanol–water partition coefficient (Wildman–Crippen LogP) is 2.27. The normalized spacial score (nSPS) is 14.1. The first kappa shape index (κ1) is 16.1. The Balaban J connectivity index is 2.30. The van der Waals surface area contributed by atoms with Gasteiger partial charge >= 0.3 is 0 Å². The first-order valence-corrected chi connectivity index (χ1v) is 7.78. The Morgan fingerprint density at radius 2 is 2.00 bits per heavy atom. The Labute approximate surface area is 117 Å². The third-order valence-electron chi connectivity index (χ3n) is 2.87. The number of hydrogen-bond donors (Lipinski definition) is 2. The molecule has 0 bridgehead atoms. The SMILES string of the molecule is Cc1cccc(C)c1OCC(C)NCCCS(=O)O. The van der Waals surface area contributed by atoms with Crippen molar-refractivity contribution in [3.8, 4) is 5.75 Å². The van der Waals surface area contributed by atoms with E-state index in [9.17, 15) is 4.21 Å². The molecule has 1 aromatic carbocycles. The van der Waals surface area contributed by atoms with Crippen molar-refractivity contribution in [2.75, 3.05) is 18.9 Å². The molecule has 0 saturated heterocycles. The van der Waals surface area contributed by atoms with Crippen LogP contribution in [0.3, 0.4) is 0 Å². The number of ether oxygens (including phenoxy) is 1. The van der Waals surface area contributed by atoms with Gasteiger partial charge in [0, 0.05) is 6.04 Å². The predicted molar refractivity (Wildman–Crippen MR) is 79.1 cm³/mol. The van der Waals surface area contributed by atoms with E-state index in [0.29, 0.717) is 18.8 Å². The van der Waals surface area contributed by atoms with Crippen molar-refractivity contribution in [2.45, 2.75) is 33.2 Å². The number of para-hydroxylation sites is 1. The van der Waals surface area contributed by atoms with Crippen LogP contribution in [0, 0.1) is 13.8 Å². The van der Waals surface area contributed by atoms with Gasteiger partial charge in [-0.1, -0.05) is 18.2 Å². The van der Waals surface area contributed by atoms with E-state index in [4.69, 9.17) is 9.29 Å². The van der Waals surface area contributed by atoms with Gasteiger partial charge in [0.25, 0.3) is 0 Å². The Kier molecular flexibility index (Phi) is 7.05. The number of aryl methyl sites for hydroxylation is 2. The standard InChI is InChI=1S/C14H23NO3S/c1-11-6-4-7-12(2)14(11)18-10-13(3)15-8-5-9-19(16)17/h4,6-7,13,15H,5,8-10H2,1-3H3,(H,16,17). The summed E-state index contributed by atoms with van der Waals surface area (Å²) in [5.74, 6) is 1.27. The van der Waals surface area contributed by atoms with Crippen molar-refractivity contribution in [1.82, 2.24) is 5.32 Å². The molecule has 0 amide bonds. The van der Waals surface area contributed by atoms with Gasteiger partial charge in [0.1, 0.15) is 12.4 Å². The Morgan fingerprint density at radius 3 is 2.58 bits per heavy atom. The number of nitrogens with one attached hydrogen (secondary N) is 1. The molecule has 0 aromatic heterocycles. The molecule has 2 unspecified atom stereocenters. The van der Waals surface area contributed by atoms with Gasteiger partial charge in [-0.3, -0.25) is 0 Å². The summed E-state index contributed by atoms with van der Waals surface area (Å²) in [6.45, 7) is 7.44. The van der Waals surface area contributed by atoms with E-state index in [-0.39, 0.29) is 6.04 Å². The molecule has 0 aliphatic rings. The second-order valence-electron chi connectivity index (χ2n) is 4.77. The highest BCUT2D eigenvalue weighted by Gasteiger charge is 2.06. The summed E-state index contributed by atoms with van der Waals surface area (Å²) in [5, 5.41) is 3.28. The van der Waals surface area contributed by atoms with Gasteiger partial charge in [-0.2, -0.15) is 0 Å². The summed E-state index contributed by atoms with van der Waals surface area (Å²) in [5.41, 5.74) is 2.28. The van der Waals surface area contributed by atoms with Gasteiger partial charge in [0.15, 0.2) is 11.1 Å². The lowest BCUT2D eigenvalue weighted by Gasteiger charge is -2.17. The van der Waals surface area contributed by atoms with Gasteiger partial charge in [-0.05, 0) is 44.9 Å². The Bertz CT molecular complexity index is 403. The molecule has 0 aliphatic heterocycles. The van der Waals surface area contributed by atoms with Gasteiger partial charge in [-0.25, -0.2) is 4.21 Å². The molecule has 108 valence electrons. The van der Waals surface area contributed by atoms with Crippen LogP contribution in [0.15, 0.2) is 18.2 Å². The van der Waals surface area contributed by atoms with Crippen LogP contribution in [-0.2, 0) is 11.1 Å². The molecule has 0 heterocycles. The van der Waals surface area contributed by atoms with Crippen molar-refractivity contribution in [1.29, 1.82) is 0 Å². The van der Waals surface area contributed by atoms with Gasteiger partial charge in [0.05, 0.1) is 5.75 Å². The molecule has 19 heavy (non-hydrogen) atoms. The van der Waals surface area contributed by atoms with E-state index in [1.54, 1.807) is 0 Å². The van der Waals surface area contributed by atoms with Crippen LogP contribution in [0.25, 0.3) is 0 Å². The molecule has 0 aliphatic carbocycles. The summed E-state index contributed by atoms with van der Waals surface area (Å²) in [6, 6.07) is 6.31. The van der Waals surface area contributed by atoms with Crippen molar-refractivity contribution in [3.63, 3.8) is 0 Å². The molecular formula is C14H23NO3S. The number of hydrogen-bond acceptors (Lipinski definition) is 3. The Hall–Kier alpha value is -0.910. The van der Waals surface area contributed by atoms with E-state index in [2.05, 4.69) is 5.32 Å². The minimum Gasteiger partial charge on any atom is -0.491 e. The highest BCUT2D eigenvalue weighted by Crippen LogP contribution is 2.22. The van der Waals surface area contributed by atoms with Crippen LogP contribution in [0.2, 0.25) is 0 Å². The third kappa shape index (κ3) is 6.18. The summed E-state index contributed by atoms with van der Waals surface area (Å²) < 4.78 is 25.0. The molecule has 0 saturated carbocycles. The van der Waals surface area contributed by atoms with Crippen LogP contribution in [0.1, 0.15) is 24.5 Å². The molecule has 5 heteroatoms. The molecule has 2 N–H and O–H groups in total. The average Bonchev–Trinajstić information content (AvgIpc) is 2.34. The van der Waals surface area contributed by atoms with Gasteiger partial charge in [0.2, 0.25) is 0 Å². The van der Waals surface area contributed by atoms with Crippen molar-refractivity contribution in [2.24, 2.45) is 0 Å². The highest BCUT2D eigenvalue weighted by molar-refractivity contribution is 7.79. The van der Waals surface area contributed by atoms with E-state index >= 15 is 0 Å². The molecule has 0 fully saturated rings. The lowest BCUT2D eigenvalue weighted by atomic mass is 10.1. The third-order valence-corrected chi connectivity index (χ3v) is 3.51. The zero-order valence-corrected chi connectivity index (χ0v) is 12.6. The van der Waals surface area contributed by atoms with E-state index in [1.807, 2.05) is 39.0 Å².